The lowest BCUT2D eigenvalue weighted by atomic mass is 9.90. The Labute approximate surface area is 211 Å². The molecule has 7 nitrogen and oxygen atoms in total. The molecule has 4 aromatic rings. The molecule has 7 heteroatoms. The first-order valence-corrected chi connectivity index (χ1v) is 12.5. The molecule has 2 amide bonds. The van der Waals surface area contributed by atoms with Gasteiger partial charge in [-0.2, -0.15) is 0 Å². The van der Waals surface area contributed by atoms with Crippen LogP contribution in [0.2, 0.25) is 0 Å². The zero-order valence-corrected chi connectivity index (χ0v) is 20.7. The van der Waals surface area contributed by atoms with E-state index in [1.54, 1.807) is 17.0 Å². The van der Waals surface area contributed by atoms with Gasteiger partial charge in [0.15, 0.2) is 5.76 Å². The Morgan fingerprint density at radius 2 is 1.89 bits per heavy atom. The fraction of sp³-hybridized carbons (Fsp3) is 0.310. The first kappa shape index (κ1) is 23.7. The van der Waals surface area contributed by atoms with Gasteiger partial charge in [0.1, 0.15) is 6.04 Å². The van der Waals surface area contributed by atoms with Gasteiger partial charge >= 0.3 is 0 Å². The highest BCUT2D eigenvalue weighted by Crippen LogP contribution is 2.31. The molecule has 3 heterocycles. The van der Waals surface area contributed by atoms with E-state index in [0.717, 1.165) is 40.6 Å². The number of nitrogens with zero attached hydrogens (tertiary/aromatic N) is 2. The van der Waals surface area contributed by atoms with Crippen molar-refractivity contribution in [1.82, 2.24) is 15.2 Å². The quantitative estimate of drug-likeness (QED) is 0.396. The minimum Gasteiger partial charge on any atom is -0.459 e. The highest BCUT2D eigenvalue weighted by atomic mass is 16.3. The number of rotatable bonds is 7. The van der Waals surface area contributed by atoms with Gasteiger partial charge in [0, 0.05) is 55.9 Å². The maximum atomic E-state index is 13.4. The Hall–Kier alpha value is -4.00. The molecule has 2 N–H and O–H groups in total. The smallest absolute Gasteiger partial charge is 0.290 e. The SMILES string of the molecule is CN(C)c1ccc(C(CNC(=O)C2CCCCN2C(=O)c2ccco2)c2c[nH]c3ccccc23)cc1. The fourth-order valence-corrected chi connectivity index (χ4v) is 5.10. The average Bonchev–Trinajstić information content (AvgIpc) is 3.60. The van der Waals surface area contributed by atoms with E-state index in [9.17, 15) is 9.59 Å². The number of furan rings is 1. The third kappa shape index (κ3) is 4.73. The predicted octanol–water partition coefficient (Wildman–Crippen LogP) is 4.77. The van der Waals surface area contributed by atoms with Crippen molar-refractivity contribution in [3.8, 4) is 0 Å². The summed E-state index contributed by atoms with van der Waals surface area (Å²) < 4.78 is 5.32. The van der Waals surface area contributed by atoms with E-state index in [1.807, 2.05) is 32.4 Å². The summed E-state index contributed by atoms with van der Waals surface area (Å²) in [5, 5.41) is 4.32. The van der Waals surface area contributed by atoms with Gasteiger partial charge in [0.05, 0.1) is 6.26 Å². The Balaban J connectivity index is 1.39. The molecule has 2 aromatic heterocycles. The number of hydrogen-bond acceptors (Lipinski definition) is 4. The second-order valence-electron chi connectivity index (χ2n) is 9.56. The van der Waals surface area contributed by atoms with Gasteiger partial charge in [-0.15, -0.1) is 0 Å². The standard InChI is InChI=1S/C29H32N4O3/c1-32(2)21-14-12-20(13-15-21)23(24-19-30-25-9-4-3-8-22(24)25)18-31-28(34)26-10-5-6-16-33(26)29(35)27-11-7-17-36-27/h3-4,7-9,11-15,17,19,23,26,30H,5-6,10,16,18H2,1-2H3,(H,31,34). The van der Waals surface area contributed by atoms with Gasteiger partial charge in [0.25, 0.3) is 5.91 Å². The molecule has 0 spiro atoms. The number of fused-ring (bicyclic) bond motifs is 1. The normalized spacial score (nSPS) is 16.6. The molecular weight excluding hydrogens is 452 g/mol. The minimum atomic E-state index is -0.504. The van der Waals surface area contributed by atoms with Gasteiger partial charge in [-0.1, -0.05) is 30.3 Å². The zero-order chi connectivity index (χ0) is 25.1. The number of carbonyl (C=O) groups is 2. The number of hydrogen-bond donors (Lipinski definition) is 2. The van der Waals surface area contributed by atoms with Crippen LogP contribution in [0.15, 0.2) is 77.5 Å². The second kappa shape index (κ2) is 10.3. The van der Waals surface area contributed by atoms with Crippen molar-refractivity contribution in [2.45, 2.75) is 31.2 Å². The van der Waals surface area contributed by atoms with E-state index in [1.165, 1.54) is 6.26 Å². The van der Waals surface area contributed by atoms with E-state index < -0.39 is 6.04 Å². The molecular formula is C29H32N4O3. The van der Waals surface area contributed by atoms with Crippen LogP contribution in [0.25, 0.3) is 10.9 Å². The molecule has 1 aliphatic heterocycles. The minimum absolute atomic E-state index is 0.0425. The van der Waals surface area contributed by atoms with Crippen LogP contribution in [-0.4, -0.2) is 54.9 Å². The lowest BCUT2D eigenvalue weighted by molar-refractivity contribution is -0.126. The molecule has 5 rings (SSSR count). The van der Waals surface area contributed by atoms with Crippen molar-refractivity contribution in [1.29, 1.82) is 0 Å². The number of piperidine rings is 1. The van der Waals surface area contributed by atoms with Gasteiger partial charge in [-0.05, 0) is 60.7 Å². The molecule has 0 bridgehead atoms. The number of para-hydroxylation sites is 1. The number of likely N-dealkylation sites (tertiary alicyclic amines) is 1. The topological polar surface area (TPSA) is 81.6 Å². The van der Waals surface area contributed by atoms with E-state index in [2.05, 4.69) is 51.6 Å². The van der Waals surface area contributed by atoms with Crippen LogP contribution in [0.1, 0.15) is 46.9 Å². The van der Waals surface area contributed by atoms with Crippen LogP contribution in [0.4, 0.5) is 5.69 Å². The molecule has 2 unspecified atom stereocenters. The largest absolute Gasteiger partial charge is 0.459 e. The molecule has 1 saturated heterocycles. The Bertz CT molecular complexity index is 1320. The van der Waals surface area contributed by atoms with Crippen LogP contribution >= 0.6 is 0 Å². The van der Waals surface area contributed by atoms with Crippen LogP contribution in [0.5, 0.6) is 0 Å². The van der Waals surface area contributed by atoms with Crippen molar-refractivity contribution in [3.05, 3.63) is 90.0 Å². The van der Waals surface area contributed by atoms with Gasteiger partial charge in [-0.3, -0.25) is 9.59 Å². The number of benzene rings is 2. The second-order valence-corrected chi connectivity index (χ2v) is 9.56. The molecule has 0 radical (unpaired) electrons. The van der Waals surface area contributed by atoms with E-state index >= 15 is 0 Å². The molecule has 186 valence electrons. The van der Waals surface area contributed by atoms with Crippen LogP contribution < -0.4 is 10.2 Å². The lowest BCUT2D eigenvalue weighted by Crippen LogP contribution is -2.52. The van der Waals surface area contributed by atoms with Crippen LogP contribution in [-0.2, 0) is 4.79 Å². The first-order valence-electron chi connectivity index (χ1n) is 12.5. The van der Waals surface area contributed by atoms with Gasteiger partial charge in [0.2, 0.25) is 5.91 Å². The summed E-state index contributed by atoms with van der Waals surface area (Å²) in [4.78, 5) is 33.5. The molecule has 1 aliphatic rings. The summed E-state index contributed by atoms with van der Waals surface area (Å²) in [6.45, 7) is 0.983. The summed E-state index contributed by atoms with van der Waals surface area (Å²) in [6.07, 6.45) is 5.96. The monoisotopic (exact) mass is 484 g/mol. The van der Waals surface area contributed by atoms with E-state index in [0.29, 0.717) is 19.5 Å². The van der Waals surface area contributed by atoms with Crippen LogP contribution in [0, 0.1) is 0 Å². The van der Waals surface area contributed by atoms with Crippen molar-refractivity contribution >= 4 is 28.4 Å². The summed E-state index contributed by atoms with van der Waals surface area (Å²) >= 11 is 0. The lowest BCUT2D eigenvalue weighted by Gasteiger charge is -2.34. The number of anilines is 1. The van der Waals surface area contributed by atoms with Crippen molar-refractivity contribution < 1.29 is 14.0 Å². The van der Waals surface area contributed by atoms with E-state index in [4.69, 9.17) is 4.42 Å². The highest BCUT2D eigenvalue weighted by Gasteiger charge is 2.34. The highest BCUT2D eigenvalue weighted by molar-refractivity contribution is 5.95. The number of aromatic nitrogens is 1. The summed E-state index contributed by atoms with van der Waals surface area (Å²) in [5.41, 5.74) is 4.44. The summed E-state index contributed by atoms with van der Waals surface area (Å²) in [7, 11) is 4.04. The summed E-state index contributed by atoms with van der Waals surface area (Å²) in [6, 6.07) is 19.5. The van der Waals surface area contributed by atoms with Crippen LogP contribution in [0.3, 0.4) is 0 Å². The molecule has 0 saturated carbocycles. The first-order chi connectivity index (χ1) is 17.5. The summed E-state index contributed by atoms with van der Waals surface area (Å²) in [5.74, 6) is -0.122. The maximum absolute atomic E-state index is 13.4. The number of carbonyl (C=O) groups excluding carboxylic acids is 2. The molecule has 2 aromatic carbocycles. The Kier molecular flexibility index (Phi) is 6.80. The number of H-pyrrole nitrogens is 1. The van der Waals surface area contributed by atoms with E-state index in [-0.39, 0.29) is 23.5 Å². The average molecular weight is 485 g/mol. The molecule has 1 fully saturated rings. The maximum Gasteiger partial charge on any atom is 0.290 e. The third-order valence-corrected chi connectivity index (χ3v) is 7.09. The number of aromatic amines is 1. The Morgan fingerprint density at radius 3 is 2.64 bits per heavy atom. The third-order valence-electron chi connectivity index (χ3n) is 7.09. The molecule has 36 heavy (non-hydrogen) atoms. The van der Waals surface area contributed by atoms with Gasteiger partial charge < -0.3 is 24.5 Å². The van der Waals surface area contributed by atoms with Gasteiger partial charge in [-0.25, -0.2) is 0 Å². The Morgan fingerprint density at radius 1 is 1.08 bits per heavy atom. The number of amides is 2. The van der Waals surface area contributed by atoms with Crippen molar-refractivity contribution in [2.75, 3.05) is 32.1 Å². The van der Waals surface area contributed by atoms with Crippen molar-refractivity contribution in [2.24, 2.45) is 0 Å². The fourth-order valence-electron chi connectivity index (χ4n) is 5.10. The zero-order valence-electron chi connectivity index (χ0n) is 20.7. The molecule has 2 atom stereocenters. The predicted molar refractivity (Wildman–Crippen MR) is 141 cm³/mol. The molecule has 0 aliphatic carbocycles. The number of nitrogens with one attached hydrogen (secondary N) is 2. The van der Waals surface area contributed by atoms with Crippen molar-refractivity contribution in [3.63, 3.8) is 0 Å².